The van der Waals surface area contributed by atoms with E-state index in [1.54, 1.807) is 11.1 Å². The first-order chi connectivity index (χ1) is 16.1. The van der Waals surface area contributed by atoms with Crippen LogP contribution in [0.5, 0.6) is 0 Å². The number of allylic oxidation sites excluding steroid dienone is 1. The van der Waals surface area contributed by atoms with E-state index >= 15 is 0 Å². The van der Waals surface area contributed by atoms with E-state index in [0.29, 0.717) is 10.8 Å². The molecule has 3 saturated carbocycles. The molecule has 4 aliphatic rings. The van der Waals surface area contributed by atoms with Crippen LogP contribution in [0.15, 0.2) is 47.2 Å². The summed E-state index contributed by atoms with van der Waals surface area (Å²) in [7, 11) is 0. The van der Waals surface area contributed by atoms with Crippen molar-refractivity contribution in [1.82, 2.24) is 16.0 Å². The van der Waals surface area contributed by atoms with Crippen molar-refractivity contribution in [1.29, 1.82) is 0 Å². The van der Waals surface area contributed by atoms with Crippen molar-refractivity contribution in [2.24, 2.45) is 10.4 Å². The summed E-state index contributed by atoms with van der Waals surface area (Å²) in [4.78, 5) is 4.22. The molecule has 5 rings (SSSR count). The smallest absolute Gasteiger partial charge is 0.109 e. The molecule has 3 aliphatic carbocycles. The largest absolute Gasteiger partial charge is 0.369 e. The molecule has 1 aromatic carbocycles. The normalized spacial score (nSPS) is 28.8. The van der Waals surface area contributed by atoms with Gasteiger partial charge in [0.2, 0.25) is 0 Å². The van der Waals surface area contributed by atoms with Gasteiger partial charge in [-0.3, -0.25) is 4.99 Å². The molecule has 4 nitrogen and oxygen atoms in total. The Kier molecular flexibility index (Phi) is 7.95. The predicted molar refractivity (Wildman–Crippen MR) is 141 cm³/mol. The molecule has 2 bridgehead atoms. The molecule has 4 heteroatoms. The van der Waals surface area contributed by atoms with Gasteiger partial charge in [0.05, 0.1) is 5.70 Å². The molecular weight excluding hydrogens is 404 g/mol. The lowest BCUT2D eigenvalue weighted by Gasteiger charge is -2.55. The van der Waals surface area contributed by atoms with Crippen molar-refractivity contribution < 1.29 is 0 Å². The van der Waals surface area contributed by atoms with E-state index in [1.807, 2.05) is 0 Å². The van der Waals surface area contributed by atoms with Gasteiger partial charge >= 0.3 is 0 Å². The molecule has 0 amide bonds. The highest BCUT2D eigenvalue weighted by Crippen LogP contribution is 2.61. The number of benzene rings is 1. The molecule has 0 radical (unpaired) electrons. The van der Waals surface area contributed by atoms with Gasteiger partial charge in [0, 0.05) is 18.9 Å². The minimum Gasteiger partial charge on any atom is -0.369 e. The van der Waals surface area contributed by atoms with Crippen molar-refractivity contribution in [2.45, 2.75) is 96.1 Å². The quantitative estimate of drug-likeness (QED) is 0.261. The van der Waals surface area contributed by atoms with Crippen molar-refractivity contribution in [3.05, 3.63) is 53.4 Å². The van der Waals surface area contributed by atoms with E-state index in [-0.39, 0.29) is 6.17 Å². The molecule has 0 spiro atoms. The van der Waals surface area contributed by atoms with Crippen LogP contribution in [0.3, 0.4) is 0 Å². The summed E-state index contributed by atoms with van der Waals surface area (Å²) < 4.78 is 0. The molecule has 3 N–H and O–H groups in total. The average Bonchev–Trinajstić information content (AvgIpc) is 3.34. The number of nitrogens with zero attached hydrogens (tertiary/aromatic N) is 1. The van der Waals surface area contributed by atoms with Gasteiger partial charge in [-0.15, -0.1) is 0 Å². The third-order valence-electron chi connectivity index (χ3n) is 8.57. The Morgan fingerprint density at radius 3 is 2.42 bits per heavy atom. The number of fused-ring (bicyclic) bond motifs is 3. The van der Waals surface area contributed by atoms with Gasteiger partial charge in [-0.25, -0.2) is 0 Å². The molecular formula is C29H44N4. The highest BCUT2D eigenvalue weighted by atomic mass is 15.2. The van der Waals surface area contributed by atoms with E-state index in [0.717, 1.165) is 13.1 Å². The van der Waals surface area contributed by atoms with Crippen LogP contribution < -0.4 is 16.0 Å². The Morgan fingerprint density at radius 1 is 1.06 bits per heavy atom. The number of hydrogen-bond donors (Lipinski definition) is 3. The fraction of sp³-hybridized carbons (Fsp3) is 0.621. The lowest BCUT2D eigenvalue weighted by atomic mass is 9.50. The van der Waals surface area contributed by atoms with E-state index in [4.69, 9.17) is 0 Å². The highest BCUT2D eigenvalue weighted by molar-refractivity contribution is 5.66. The maximum atomic E-state index is 4.22. The molecule has 0 aromatic heterocycles. The second kappa shape index (κ2) is 10.9. The van der Waals surface area contributed by atoms with Crippen LogP contribution in [0.4, 0.5) is 0 Å². The number of unbranched alkanes of at least 4 members (excludes halogenated alkanes) is 2. The summed E-state index contributed by atoms with van der Waals surface area (Å²) in [5, 5.41) is 10.6. The minimum atomic E-state index is 0.277. The van der Waals surface area contributed by atoms with Crippen molar-refractivity contribution in [2.75, 3.05) is 13.1 Å². The predicted octanol–water partition coefficient (Wildman–Crippen LogP) is 6.26. The van der Waals surface area contributed by atoms with Crippen LogP contribution >= 0.6 is 0 Å². The summed E-state index contributed by atoms with van der Waals surface area (Å²) in [6, 6.07) is 9.45. The maximum Gasteiger partial charge on any atom is 0.109 e. The zero-order valence-electron chi connectivity index (χ0n) is 20.9. The van der Waals surface area contributed by atoms with E-state index in [1.165, 1.54) is 81.9 Å². The third kappa shape index (κ3) is 5.21. The summed E-state index contributed by atoms with van der Waals surface area (Å²) in [5.41, 5.74) is 6.38. The Bertz CT molecular complexity index is 826. The van der Waals surface area contributed by atoms with Crippen LogP contribution in [-0.4, -0.2) is 26.0 Å². The van der Waals surface area contributed by atoms with Gasteiger partial charge in [-0.05, 0) is 98.6 Å². The average molecular weight is 449 g/mol. The Balaban J connectivity index is 1.38. The molecule has 1 atom stereocenters. The standard InChI is InChI=1S/C29H44N4/c1-4-6-7-8-25(20-30-3)29-16-13-28(14-17-29,15-18-29)24-11-9-23(10-12-24)26-21-32-27(33-26)22-31-19-5-2/h9-12,20-21,27,31-33H,3-8,13-19,22H2,1-2H3/b25-20+. The maximum absolute atomic E-state index is 4.22. The van der Waals surface area contributed by atoms with Crippen LogP contribution in [0.2, 0.25) is 0 Å². The van der Waals surface area contributed by atoms with Crippen LogP contribution in [0.1, 0.15) is 95.6 Å². The first kappa shape index (κ1) is 24.1. The highest BCUT2D eigenvalue weighted by Gasteiger charge is 2.50. The zero-order chi connectivity index (χ0) is 23.2. The van der Waals surface area contributed by atoms with Gasteiger partial charge in [-0.1, -0.05) is 51.0 Å². The number of hydrogen-bond acceptors (Lipinski definition) is 4. The SMILES string of the molecule is C=N/C=C(\CCCCC)C12CCC(c3ccc(C4=CNC(CNCCC)N4)cc3)(CC1)CC2. The van der Waals surface area contributed by atoms with E-state index in [9.17, 15) is 0 Å². The number of rotatable bonds is 12. The molecule has 1 aromatic rings. The molecule has 1 heterocycles. The van der Waals surface area contributed by atoms with Crippen molar-refractivity contribution in [3.63, 3.8) is 0 Å². The fourth-order valence-electron chi connectivity index (χ4n) is 6.40. The van der Waals surface area contributed by atoms with E-state index < -0.39 is 0 Å². The first-order valence-electron chi connectivity index (χ1n) is 13.3. The lowest BCUT2D eigenvalue weighted by Crippen LogP contribution is -2.45. The van der Waals surface area contributed by atoms with Crippen molar-refractivity contribution >= 4 is 12.4 Å². The Hall–Kier alpha value is -2.07. The topological polar surface area (TPSA) is 48.5 Å². The van der Waals surface area contributed by atoms with Gasteiger partial charge in [-0.2, -0.15) is 0 Å². The lowest BCUT2D eigenvalue weighted by molar-refractivity contribution is 0.0664. The first-order valence-corrected chi connectivity index (χ1v) is 13.3. The minimum absolute atomic E-state index is 0.277. The number of nitrogens with one attached hydrogen (secondary N) is 3. The van der Waals surface area contributed by atoms with Gasteiger partial charge < -0.3 is 16.0 Å². The summed E-state index contributed by atoms with van der Waals surface area (Å²) in [6.45, 7) is 10.3. The zero-order valence-corrected chi connectivity index (χ0v) is 20.9. The van der Waals surface area contributed by atoms with E-state index in [2.05, 4.69) is 78.2 Å². The Morgan fingerprint density at radius 2 is 1.79 bits per heavy atom. The third-order valence-corrected chi connectivity index (χ3v) is 8.57. The molecule has 1 aliphatic heterocycles. The van der Waals surface area contributed by atoms with Crippen molar-refractivity contribution in [3.8, 4) is 0 Å². The second-order valence-electron chi connectivity index (χ2n) is 10.6. The van der Waals surface area contributed by atoms with Gasteiger partial charge in [0.1, 0.15) is 6.17 Å². The van der Waals surface area contributed by atoms with Gasteiger partial charge in [0.15, 0.2) is 0 Å². The van der Waals surface area contributed by atoms with Gasteiger partial charge in [0.25, 0.3) is 0 Å². The molecule has 3 fully saturated rings. The monoisotopic (exact) mass is 448 g/mol. The fourth-order valence-corrected chi connectivity index (χ4v) is 6.40. The second-order valence-corrected chi connectivity index (χ2v) is 10.6. The summed E-state index contributed by atoms with van der Waals surface area (Å²) in [5.74, 6) is 0. The van der Waals surface area contributed by atoms with Crippen LogP contribution in [0.25, 0.3) is 5.70 Å². The Labute approximate surface area is 201 Å². The number of aliphatic imine (C=N–C) groups is 1. The molecule has 33 heavy (non-hydrogen) atoms. The summed E-state index contributed by atoms with van der Waals surface area (Å²) in [6.07, 6.45) is 18.6. The molecule has 0 saturated heterocycles. The summed E-state index contributed by atoms with van der Waals surface area (Å²) >= 11 is 0. The van der Waals surface area contributed by atoms with Crippen LogP contribution in [-0.2, 0) is 5.41 Å². The van der Waals surface area contributed by atoms with Crippen LogP contribution in [0, 0.1) is 5.41 Å². The molecule has 1 unspecified atom stereocenters. The molecule has 180 valence electrons.